The number of carbonyl (C=O) groups is 1. The van der Waals surface area contributed by atoms with Crippen LogP contribution < -0.4 is 4.90 Å². The van der Waals surface area contributed by atoms with Gasteiger partial charge in [0.15, 0.2) is 0 Å². The summed E-state index contributed by atoms with van der Waals surface area (Å²) in [6.45, 7) is 6.31. The first kappa shape index (κ1) is 22.4. The van der Waals surface area contributed by atoms with E-state index in [2.05, 4.69) is 27.9 Å². The molecule has 3 heteroatoms. The third-order valence-corrected chi connectivity index (χ3v) is 4.47. The van der Waals surface area contributed by atoms with Gasteiger partial charge in [0.2, 0.25) is 0 Å². The van der Waals surface area contributed by atoms with Crippen LogP contribution in [-0.2, 0) is 9.53 Å². The van der Waals surface area contributed by atoms with E-state index in [4.69, 9.17) is 4.74 Å². The standard InChI is InChI=1S/C20H41NO2/c1-5-7-9-11-15-19(14-8-6-2)18-23-20(22)16-12-10-13-17-21(3)4/h19H,5-18H2,1-4H3/p+1. The van der Waals surface area contributed by atoms with Crippen LogP contribution in [0.4, 0.5) is 0 Å². The number of hydrogen-bond acceptors (Lipinski definition) is 2. The zero-order valence-corrected chi connectivity index (χ0v) is 16.3. The van der Waals surface area contributed by atoms with Crippen molar-refractivity contribution >= 4 is 5.97 Å². The Morgan fingerprint density at radius 2 is 1.52 bits per heavy atom. The van der Waals surface area contributed by atoms with Crippen molar-refractivity contribution in [3.63, 3.8) is 0 Å². The molecule has 0 radical (unpaired) electrons. The molecule has 3 nitrogen and oxygen atoms in total. The molecule has 1 N–H and O–H groups in total. The Hall–Kier alpha value is -0.570. The number of rotatable bonds is 16. The van der Waals surface area contributed by atoms with E-state index in [1.165, 1.54) is 69.2 Å². The van der Waals surface area contributed by atoms with Gasteiger partial charge in [-0.15, -0.1) is 0 Å². The molecule has 0 aromatic heterocycles. The lowest BCUT2D eigenvalue weighted by Gasteiger charge is -2.16. The van der Waals surface area contributed by atoms with E-state index in [9.17, 15) is 4.79 Å². The highest BCUT2D eigenvalue weighted by Crippen LogP contribution is 2.18. The molecule has 23 heavy (non-hydrogen) atoms. The van der Waals surface area contributed by atoms with Gasteiger partial charge in [-0.2, -0.15) is 0 Å². The van der Waals surface area contributed by atoms with Gasteiger partial charge in [-0.25, -0.2) is 0 Å². The predicted molar refractivity (Wildman–Crippen MR) is 98.9 cm³/mol. The van der Waals surface area contributed by atoms with Gasteiger partial charge in [0.1, 0.15) is 0 Å². The van der Waals surface area contributed by atoms with Crippen LogP contribution in [0.25, 0.3) is 0 Å². The fourth-order valence-corrected chi connectivity index (χ4v) is 2.87. The summed E-state index contributed by atoms with van der Waals surface area (Å²) in [4.78, 5) is 13.3. The van der Waals surface area contributed by atoms with E-state index < -0.39 is 0 Å². The molecule has 0 amide bonds. The molecule has 0 rings (SSSR count). The summed E-state index contributed by atoms with van der Waals surface area (Å²) < 4.78 is 5.54. The largest absolute Gasteiger partial charge is 0.465 e. The van der Waals surface area contributed by atoms with E-state index in [0.29, 0.717) is 18.9 Å². The lowest BCUT2D eigenvalue weighted by atomic mass is 9.96. The number of quaternary nitrogens is 1. The SMILES string of the molecule is CCCCCCC(CCCC)COC(=O)CCCCC[NH+](C)C. The molecule has 0 aromatic rings. The summed E-state index contributed by atoms with van der Waals surface area (Å²) in [6.07, 6.45) is 14.0. The van der Waals surface area contributed by atoms with Crippen molar-refractivity contribution in [2.24, 2.45) is 5.92 Å². The van der Waals surface area contributed by atoms with Crippen LogP contribution in [0.3, 0.4) is 0 Å². The van der Waals surface area contributed by atoms with Crippen molar-refractivity contribution in [3.8, 4) is 0 Å². The van der Waals surface area contributed by atoms with E-state index in [0.717, 1.165) is 12.8 Å². The van der Waals surface area contributed by atoms with Crippen LogP contribution in [0, 0.1) is 5.92 Å². The number of hydrogen-bond donors (Lipinski definition) is 1. The average molecular weight is 329 g/mol. The van der Waals surface area contributed by atoms with E-state index in [1.807, 2.05) is 0 Å². The maximum atomic E-state index is 11.9. The lowest BCUT2D eigenvalue weighted by molar-refractivity contribution is -0.858. The maximum Gasteiger partial charge on any atom is 0.305 e. The van der Waals surface area contributed by atoms with Gasteiger partial charge in [0.25, 0.3) is 0 Å². The molecule has 0 heterocycles. The Balaban J connectivity index is 3.77. The lowest BCUT2D eigenvalue weighted by Crippen LogP contribution is -3.05. The quantitative estimate of drug-likeness (QED) is 0.343. The maximum absolute atomic E-state index is 11.9. The van der Waals surface area contributed by atoms with Crippen molar-refractivity contribution in [2.75, 3.05) is 27.2 Å². The zero-order valence-electron chi connectivity index (χ0n) is 16.3. The second-order valence-corrected chi connectivity index (χ2v) is 7.31. The Morgan fingerprint density at radius 3 is 2.17 bits per heavy atom. The predicted octanol–water partition coefficient (Wildman–Crippen LogP) is 4.01. The summed E-state index contributed by atoms with van der Waals surface area (Å²) in [5, 5.41) is 0. The number of nitrogens with one attached hydrogen (secondary N) is 1. The fraction of sp³-hybridized carbons (Fsp3) is 0.950. The third-order valence-electron chi connectivity index (χ3n) is 4.47. The summed E-state index contributed by atoms with van der Waals surface area (Å²) in [5.41, 5.74) is 0. The molecular formula is C20H42NO2+. The van der Waals surface area contributed by atoms with Crippen LogP contribution >= 0.6 is 0 Å². The molecule has 0 aromatic carbocycles. The normalized spacial score (nSPS) is 12.6. The van der Waals surface area contributed by atoms with Gasteiger partial charge < -0.3 is 9.64 Å². The first-order valence-corrected chi connectivity index (χ1v) is 10.0. The molecule has 0 saturated carbocycles. The number of unbranched alkanes of at least 4 members (excludes halogenated alkanes) is 6. The Morgan fingerprint density at radius 1 is 0.870 bits per heavy atom. The smallest absolute Gasteiger partial charge is 0.305 e. The Bertz CT molecular complexity index is 266. The van der Waals surface area contributed by atoms with Gasteiger partial charge in [0.05, 0.1) is 27.2 Å². The fourth-order valence-electron chi connectivity index (χ4n) is 2.87. The van der Waals surface area contributed by atoms with Gasteiger partial charge in [-0.05, 0) is 38.0 Å². The summed E-state index contributed by atoms with van der Waals surface area (Å²) in [7, 11) is 4.34. The molecule has 1 unspecified atom stereocenters. The van der Waals surface area contributed by atoms with Crippen molar-refractivity contribution in [2.45, 2.75) is 90.9 Å². The van der Waals surface area contributed by atoms with E-state index >= 15 is 0 Å². The highest BCUT2D eigenvalue weighted by Gasteiger charge is 2.11. The second kappa shape index (κ2) is 16.3. The molecular weight excluding hydrogens is 286 g/mol. The van der Waals surface area contributed by atoms with Crippen molar-refractivity contribution in [1.82, 2.24) is 0 Å². The van der Waals surface area contributed by atoms with Crippen molar-refractivity contribution in [3.05, 3.63) is 0 Å². The second-order valence-electron chi connectivity index (χ2n) is 7.31. The highest BCUT2D eigenvalue weighted by atomic mass is 16.5. The van der Waals surface area contributed by atoms with Crippen LogP contribution in [0.2, 0.25) is 0 Å². The van der Waals surface area contributed by atoms with Gasteiger partial charge in [-0.1, -0.05) is 52.4 Å². The van der Waals surface area contributed by atoms with Crippen LogP contribution in [0.1, 0.15) is 90.9 Å². The topological polar surface area (TPSA) is 30.7 Å². The first-order chi connectivity index (χ1) is 11.1. The van der Waals surface area contributed by atoms with Gasteiger partial charge >= 0.3 is 5.97 Å². The molecule has 0 aliphatic carbocycles. The summed E-state index contributed by atoms with van der Waals surface area (Å²) >= 11 is 0. The number of esters is 1. The molecule has 1 atom stereocenters. The molecule has 0 aliphatic heterocycles. The zero-order chi connectivity index (χ0) is 17.3. The Labute approximate surface area is 145 Å². The molecule has 0 saturated heterocycles. The van der Waals surface area contributed by atoms with Crippen molar-refractivity contribution < 1.29 is 14.4 Å². The highest BCUT2D eigenvalue weighted by molar-refractivity contribution is 5.69. The van der Waals surface area contributed by atoms with Crippen LogP contribution in [0.5, 0.6) is 0 Å². The minimum atomic E-state index is 0.0113. The minimum Gasteiger partial charge on any atom is -0.465 e. The molecule has 138 valence electrons. The molecule has 0 spiro atoms. The average Bonchev–Trinajstić information content (AvgIpc) is 2.52. The van der Waals surface area contributed by atoms with Crippen LogP contribution in [0.15, 0.2) is 0 Å². The Kier molecular flexibility index (Phi) is 15.9. The third kappa shape index (κ3) is 16.1. The summed E-state index contributed by atoms with van der Waals surface area (Å²) in [6, 6.07) is 0. The molecule has 0 bridgehead atoms. The van der Waals surface area contributed by atoms with Gasteiger partial charge in [0, 0.05) is 6.42 Å². The van der Waals surface area contributed by atoms with E-state index in [1.54, 1.807) is 0 Å². The molecule has 0 fully saturated rings. The monoisotopic (exact) mass is 328 g/mol. The first-order valence-electron chi connectivity index (χ1n) is 10.0. The minimum absolute atomic E-state index is 0.0113. The van der Waals surface area contributed by atoms with Crippen molar-refractivity contribution in [1.29, 1.82) is 0 Å². The summed E-state index contributed by atoms with van der Waals surface area (Å²) in [5.74, 6) is 0.588. The molecule has 0 aliphatic rings. The number of ether oxygens (including phenoxy) is 1. The van der Waals surface area contributed by atoms with Gasteiger partial charge in [-0.3, -0.25) is 4.79 Å². The van der Waals surface area contributed by atoms with Crippen LogP contribution in [-0.4, -0.2) is 33.2 Å². The number of carbonyl (C=O) groups excluding carboxylic acids is 1. The van der Waals surface area contributed by atoms with E-state index in [-0.39, 0.29) is 5.97 Å².